The summed E-state index contributed by atoms with van der Waals surface area (Å²) in [6.45, 7) is 0. The Hall–Kier alpha value is -2.38. The van der Waals surface area contributed by atoms with Crippen molar-refractivity contribution >= 4 is 38.6 Å². The average Bonchev–Trinajstić information content (AvgIpc) is 3.07. The van der Waals surface area contributed by atoms with Gasteiger partial charge in [0.1, 0.15) is 11.6 Å². The summed E-state index contributed by atoms with van der Waals surface area (Å²) in [4.78, 5) is 8.82. The van der Waals surface area contributed by atoms with Crippen LogP contribution in [0.25, 0.3) is 33.5 Å². The third-order valence-corrected chi connectivity index (χ3v) is 4.42. The van der Waals surface area contributed by atoms with Crippen LogP contribution in [-0.4, -0.2) is 20.2 Å². The summed E-state index contributed by atoms with van der Waals surface area (Å²) in [6.07, 6.45) is 3.22. The third-order valence-electron chi connectivity index (χ3n) is 3.70. The third kappa shape index (κ3) is 2.89. The molecule has 3 aromatic heterocycles. The van der Waals surface area contributed by atoms with Gasteiger partial charge in [0, 0.05) is 27.9 Å². The number of nitrogens with zero attached hydrogens (tertiary/aromatic N) is 3. The monoisotopic (exact) mass is 420 g/mol. The van der Waals surface area contributed by atoms with E-state index in [9.17, 15) is 8.78 Å². The van der Waals surface area contributed by atoms with Crippen LogP contribution in [0.15, 0.2) is 47.2 Å². The first kappa shape index (κ1) is 16.1. The highest BCUT2D eigenvalue weighted by atomic mass is 79.9. The number of nitrogens with one attached hydrogen (secondary N) is 1. The molecule has 0 unspecified atom stereocenters. The maximum absolute atomic E-state index is 14.2. The first-order valence-electron chi connectivity index (χ1n) is 7.14. The zero-order chi connectivity index (χ0) is 17.6. The number of H-pyrrole nitrogens is 1. The van der Waals surface area contributed by atoms with Crippen LogP contribution in [0.5, 0.6) is 0 Å². The van der Waals surface area contributed by atoms with Gasteiger partial charge in [-0.05, 0) is 40.2 Å². The van der Waals surface area contributed by atoms with E-state index >= 15 is 0 Å². The molecular formula is C17H8BrClF2N4. The van der Waals surface area contributed by atoms with Crippen molar-refractivity contribution in [3.05, 3.63) is 63.9 Å². The average molecular weight is 422 g/mol. The van der Waals surface area contributed by atoms with Crippen molar-refractivity contribution in [1.29, 1.82) is 0 Å². The normalized spacial score (nSPS) is 11.2. The predicted octanol–water partition coefficient (Wildman–Crippen LogP) is 5.38. The Morgan fingerprint density at radius 2 is 1.80 bits per heavy atom. The molecule has 0 bridgehead atoms. The Bertz CT molecular complexity index is 1110. The number of benzene rings is 1. The van der Waals surface area contributed by atoms with Gasteiger partial charge in [-0.1, -0.05) is 11.6 Å². The number of halogens is 4. The lowest BCUT2D eigenvalue weighted by Gasteiger charge is -2.07. The van der Waals surface area contributed by atoms with Gasteiger partial charge in [-0.3, -0.25) is 10.1 Å². The van der Waals surface area contributed by atoms with E-state index in [2.05, 4.69) is 36.1 Å². The van der Waals surface area contributed by atoms with E-state index in [-0.39, 0.29) is 10.6 Å². The molecule has 0 fully saturated rings. The highest BCUT2D eigenvalue weighted by molar-refractivity contribution is 9.10. The second-order valence-electron chi connectivity index (χ2n) is 5.29. The fourth-order valence-corrected chi connectivity index (χ4v) is 3.01. The Balaban J connectivity index is 1.89. The van der Waals surface area contributed by atoms with E-state index in [0.29, 0.717) is 22.5 Å². The lowest BCUT2D eigenvalue weighted by Crippen LogP contribution is -1.92. The van der Waals surface area contributed by atoms with Gasteiger partial charge in [0.15, 0.2) is 0 Å². The fraction of sp³-hybridized carbons (Fsp3) is 0. The Morgan fingerprint density at radius 1 is 0.960 bits per heavy atom. The smallest absolute Gasteiger partial charge is 0.144 e. The van der Waals surface area contributed by atoms with Crippen molar-refractivity contribution in [2.45, 2.75) is 0 Å². The van der Waals surface area contributed by atoms with Crippen LogP contribution in [-0.2, 0) is 0 Å². The number of fused-ring (bicyclic) bond motifs is 1. The predicted molar refractivity (Wildman–Crippen MR) is 95.2 cm³/mol. The minimum Gasteiger partial charge on any atom is -0.277 e. The van der Waals surface area contributed by atoms with Crippen molar-refractivity contribution in [3.8, 4) is 22.5 Å². The number of hydrogen-bond acceptors (Lipinski definition) is 3. The molecule has 3 heterocycles. The molecule has 0 saturated heterocycles. The molecule has 0 saturated carbocycles. The van der Waals surface area contributed by atoms with Crippen molar-refractivity contribution in [2.75, 3.05) is 0 Å². The summed E-state index contributed by atoms with van der Waals surface area (Å²) < 4.78 is 28.4. The minimum absolute atomic E-state index is 0.119. The molecule has 0 radical (unpaired) electrons. The molecule has 4 rings (SSSR count). The van der Waals surface area contributed by atoms with Crippen LogP contribution >= 0.6 is 27.5 Å². The lowest BCUT2D eigenvalue weighted by atomic mass is 10.0. The van der Waals surface area contributed by atoms with Gasteiger partial charge in [0.2, 0.25) is 0 Å². The number of aromatic nitrogens is 4. The zero-order valence-electron chi connectivity index (χ0n) is 12.4. The van der Waals surface area contributed by atoms with Gasteiger partial charge in [0.25, 0.3) is 0 Å². The number of rotatable bonds is 2. The quantitative estimate of drug-likeness (QED) is 0.442. The van der Waals surface area contributed by atoms with Crippen LogP contribution < -0.4 is 0 Å². The van der Waals surface area contributed by atoms with Gasteiger partial charge in [0.05, 0.1) is 33.6 Å². The Labute approximate surface area is 154 Å². The second kappa shape index (κ2) is 6.16. The maximum Gasteiger partial charge on any atom is 0.144 e. The molecule has 8 heteroatoms. The lowest BCUT2D eigenvalue weighted by molar-refractivity contribution is 0.585. The molecule has 1 N–H and O–H groups in total. The van der Waals surface area contributed by atoms with Gasteiger partial charge in [-0.2, -0.15) is 5.10 Å². The SMILES string of the molecule is Fc1cc(F)c(-c2[nH]ncc2-c2ccc3ncc(Br)cc3n2)cc1Cl. The molecule has 0 aliphatic carbocycles. The summed E-state index contributed by atoms with van der Waals surface area (Å²) in [5.74, 6) is -1.55. The molecule has 25 heavy (non-hydrogen) atoms. The van der Waals surface area contributed by atoms with Crippen molar-refractivity contribution in [3.63, 3.8) is 0 Å². The van der Waals surface area contributed by atoms with Crippen LogP contribution in [0.3, 0.4) is 0 Å². The Morgan fingerprint density at radius 3 is 2.64 bits per heavy atom. The molecule has 0 aliphatic rings. The van der Waals surface area contributed by atoms with E-state index in [1.807, 2.05) is 12.1 Å². The van der Waals surface area contributed by atoms with Crippen molar-refractivity contribution in [2.24, 2.45) is 0 Å². The second-order valence-corrected chi connectivity index (χ2v) is 6.62. The number of pyridine rings is 2. The highest BCUT2D eigenvalue weighted by Gasteiger charge is 2.17. The molecule has 0 amide bonds. The molecule has 1 aromatic carbocycles. The van der Waals surface area contributed by atoms with Gasteiger partial charge < -0.3 is 0 Å². The van der Waals surface area contributed by atoms with E-state index in [0.717, 1.165) is 16.1 Å². The van der Waals surface area contributed by atoms with Crippen molar-refractivity contribution < 1.29 is 8.78 Å². The van der Waals surface area contributed by atoms with Crippen LogP contribution in [0.2, 0.25) is 5.02 Å². The van der Waals surface area contributed by atoms with E-state index < -0.39 is 11.6 Å². The van der Waals surface area contributed by atoms with Gasteiger partial charge >= 0.3 is 0 Å². The summed E-state index contributed by atoms with van der Waals surface area (Å²) >= 11 is 9.15. The van der Waals surface area contributed by atoms with E-state index in [1.165, 1.54) is 12.3 Å². The molecule has 0 aliphatic heterocycles. The first-order valence-corrected chi connectivity index (χ1v) is 8.31. The maximum atomic E-state index is 14.2. The van der Waals surface area contributed by atoms with Crippen LogP contribution in [0.4, 0.5) is 8.78 Å². The molecule has 124 valence electrons. The largest absolute Gasteiger partial charge is 0.277 e. The number of hydrogen-bond donors (Lipinski definition) is 1. The fourth-order valence-electron chi connectivity index (χ4n) is 2.53. The number of aromatic amines is 1. The zero-order valence-corrected chi connectivity index (χ0v) is 14.7. The standard InChI is InChI=1S/C17H8BrClF2N4/c18-8-3-16-15(22-6-8)2-1-14(24-16)10-7-23-25-17(10)9-4-11(19)13(21)5-12(9)20/h1-7H,(H,23,25). The van der Waals surface area contributed by atoms with E-state index in [1.54, 1.807) is 12.3 Å². The summed E-state index contributed by atoms with van der Waals surface area (Å²) in [5.41, 5.74) is 3.05. The van der Waals surface area contributed by atoms with Crippen LogP contribution in [0, 0.1) is 11.6 Å². The Kier molecular flexibility index (Phi) is 3.97. The van der Waals surface area contributed by atoms with E-state index in [4.69, 9.17) is 11.6 Å². The molecular weight excluding hydrogens is 414 g/mol. The molecule has 4 aromatic rings. The van der Waals surface area contributed by atoms with Gasteiger partial charge in [-0.25, -0.2) is 13.8 Å². The summed E-state index contributed by atoms with van der Waals surface area (Å²) in [7, 11) is 0. The molecule has 4 nitrogen and oxygen atoms in total. The van der Waals surface area contributed by atoms with Gasteiger partial charge in [-0.15, -0.1) is 0 Å². The molecule has 0 atom stereocenters. The molecule has 0 spiro atoms. The first-order chi connectivity index (χ1) is 12.0. The highest BCUT2D eigenvalue weighted by Crippen LogP contribution is 2.34. The summed E-state index contributed by atoms with van der Waals surface area (Å²) in [6, 6.07) is 7.38. The topological polar surface area (TPSA) is 54.5 Å². The van der Waals surface area contributed by atoms with Crippen LogP contribution in [0.1, 0.15) is 0 Å². The summed E-state index contributed by atoms with van der Waals surface area (Å²) in [5, 5.41) is 6.53. The minimum atomic E-state index is -0.816. The van der Waals surface area contributed by atoms with Crippen molar-refractivity contribution in [1.82, 2.24) is 20.2 Å².